The zero-order chi connectivity index (χ0) is 10.2. The van der Waals surface area contributed by atoms with Crippen molar-refractivity contribution in [3.8, 4) is 18.1 Å². The summed E-state index contributed by atoms with van der Waals surface area (Å²) in [4.78, 5) is 0. The summed E-state index contributed by atoms with van der Waals surface area (Å²) in [6.07, 6.45) is 6.12. The second kappa shape index (κ2) is 6.06. The van der Waals surface area contributed by atoms with Gasteiger partial charge in [0.1, 0.15) is 12.4 Å². The van der Waals surface area contributed by atoms with Crippen LogP contribution in [-0.4, -0.2) is 20.2 Å². The molecule has 2 nitrogen and oxygen atoms in total. The Balaban J connectivity index is 2.47. The number of rotatable bonds is 5. The molecule has 0 amide bonds. The van der Waals surface area contributed by atoms with Crippen molar-refractivity contribution < 1.29 is 4.74 Å². The van der Waals surface area contributed by atoms with E-state index in [9.17, 15) is 0 Å². The highest BCUT2D eigenvalue weighted by Crippen LogP contribution is 2.11. The lowest BCUT2D eigenvalue weighted by atomic mass is 10.1. The molecule has 1 aromatic rings. The summed E-state index contributed by atoms with van der Waals surface area (Å²) in [5.74, 6) is 3.26. The number of ether oxygens (including phenoxy) is 1. The second-order valence-electron chi connectivity index (χ2n) is 2.99. The van der Waals surface area contributed by atoms with E-state index >= 15 is 0 Å². The van der Waals surface area contributed by atoms with Crippen LogP contribution in [0.15, 0.2) is 24.3 Å². The minimum Gasteiger partial charge on any atom is -0.481 e. The van der Waals surface area contributed by atoms with Gasteiger partial charge in [-0.2, -0.15) is 0 Å². The monoisotopic (exact) mass is 189 g/mol. The van der Waals surface area contributed by atoms with Crippen LogP contribution < -0.4 is 10.1 Å². The third-order valence-corrected chi connectivity index (χ3v) is 1.91. The molecule has 0 aromatic heterocycles. The average molecular weight is 189 g/mol. The lowest BCUT2D eigenvalue weighted by Gasteiger charge is -2.04. The molecule has 1 N–H and O–H groups in total. The van der Waals surface area contributed by atoms with Crippen LogP contribution in [0.1, 0.15) is 5.56 Å². The molecular weight excluding hydrogens is 174 g/mol. The molecule has 0 aliphatic heterocycles. The van der Waals surface area contributed by atoms with Crippen LogP contribution in [0.4, 0.5) is 0 Å². The molecule has 0 heterocycles. The highest BCUT2D eigenvalue weighted by atomic mass is 16.5. The van der Waals surface area contributed by atoms with E-state index < -0.39 is 0 Å². The fourth-order valence-electron chi connectivity index (χ4n) is 1.15. The Morgan fingerprint density at radius 2 is 2.07 bits per heavy atom. The predicted octanol–water partition coefficient (Wildman–Crippen LogP) is 1.46. The van der Waals surface area contributed by atoms with Crippen molar-refractivity contribution in [2.45, 2.75) is 6.42 Å². The summed E-state index contributed by atoms with van der Waals surface area (Å²) in [6.45, 7) is 1.32. The van der Waals surface area contributed by atoms with Gasteiger partial charge in [-0.15, -0.1) is 6.42 Å². The van der Waals surface area contributed by atoms with Crippen LogP contribution >= 0.6 is 0 Å². The Morgan fingerprint density at radius 1 is 1.36 bits per heavy atom. The number of nitrogens with one attached hydrogen (secondary N) is 1. The van der Waals surface area contributed by atoms with Gasteiger partial charge in [0.05, 0.1) is 0 Å². The molecule has 1 aromatic carbocycles. The van der Waals surface area contributed by atoms with Crippen molar-refractivity contribution in [2.24, 2.45) is 0 Å². The molecule has 0 radical (unpaired) electrons. The maximum atomic E-state index is 5.26. The van der Waals surface area contributed by atoms with E-state index in [2.05, 4.69) is 23.4 Å². The number of hydrogen-bond donors (Lipinski definition) is 1. The third kappa shape index (κ3) is 3.51. The van der Waals surface area contributed by atoms with E-state index in [1.54, 1.807) is 0 Å². The number of hydrogen-bond acceptors (Lipinski definition) is 2. The van der Waals surface area contributed by atoms with Crippen LogP contribution in [0, 0.1) is 12.3 Å². The Bertz CT molecular complexity index is 297. The van der Waals surface area contributed by atoms with Crippen LogP contribution in [0.5, 0.6) is 5.75 Å². The van der Waals surface area contributed by atoms with Gasteiger partial charge in [0, 0.05) is 0 Å². The van der Waals surface area contributed by atoms with Crippen molar-refractivity contribution in [1.29, 1.82) is 0 Å². The predicted molar refractivity (Wildman–Crippen MR) is 58.4 cm³/mol. The minimum absolute atomic E-state index is 0.329. The van der Waals surface area contributed by atoms with Crippen molar-refractivity contribution in [3.05, 3.63) is 29.8 Å². The molecule has 0 saturated carbocycles. The number of benzene rings is 1. The van der Waals surface area contributed by atoms with E-state index in [1.165, 1.54) is 5.56 Å². The molecule has 0 aliphatic rings. The summed E-state index contributed by atoms with van der Waals surface area (Å²) in [5.41, 5.74) is 1.30. The van der Waals surface area contributed by atoms with Gasteiger partial charge < -0.3 is 10.1 Å². The van der Waals surface area contributed by atoms with Gasteiger partial charge in [-0.25, -0.2) is 0 Å². The fraction of sp³-hybridized carbons (Fsp3) is 0.333. The van der Waals surface area contributed by atoms with Crippen LogP contribution in [-0.2, 0) is 6.42 Å². The smallest absolute Gasteiger partial charge is 0.148 e. The highest BCUT2D eigenvalue weighted by Gasteiger charge is 1.94. The lowest BCUT2D eigenvalue weighted by Crippen LogP contribution is -2.10. The zero-order valence-electron chi connectivity index (χ0n) is 8.42. The van der Waals surface area contributed by atoms with Crippen molar-refractivity contribution in [1.82, 2.24) is 5.32 Å². The standard InChI is InChI=1S/C12H15NO/c1-3-10-14-12-6-4-11(5-7-12)8-9-13-2/h1,4-7,13H,8-10H2,2H3. The normalized spacial score (nSPS) is 9.43. The first-order chi connectivity index (χ1) is 6.86. The van der Waals surface area contributed by atoms with Gasteiger partial charge in [0.15, 0.2) is 0 Å². The topological polar surface area (TPSA) is 21.3 Å². The Hall–Kier alpha value is -1.46. The first kappa shape index (κ1) is 10.6. The summed E-state index contributed by atoms with van der Waals surface area (Å²) in [5, 5.41) is 3.11. The lowest BCUT2D eigenvalue weighted by molar-refractivity contribution is 0.370. The molecule has 1 rings (SSSR count). The van der Waals surface area contributed by atoms with E-state index in [1.807, 2.05) is 19.2 Å². The maximum absolute atomic E-state index is 5.26. The van der Waals surface area contributed by atoms with E-state index in [4.69, 9.17) is 11.2 Å². The largest absolute Gasteiger partial charge is 0.481 e. The molecule has 0 aliphatic carbocycles. The number of terminal acetylenes is 1. The van der Waals surface area contributed by atoms with Crippen molar-refractivity contribution >= 4 is 0 Å². The Morgan fingerprint density at radius 3 is 2.64 bits per heavy atom. The first-order valence-electron chi connectivity index (χ1n) is 4.66. The van der Waals surface area contributed by atoms with E-state index in [0.29, 0.717) is 6.61 Å². The fourth-order valence-corrected chi connectivity index (χ4v) is 1.15. The molecule has 0 fully saturated rings. The molecule has 2 heteroatoms. The first-order valence-corrected chi connectivity index (χ1v) is 4.66. The quantitative estimate of drug-likeness (QED) is 0.708. The number of likely N-dealkylation sites (N-methyl/N-ethyl adjacent to an activating group) is 1. The second-order valence-corrected chi connectivity index (χ2v) is 2.99. The van der Waals surface area contributed by atoms with Crippen LogP contribution in [0.2, 0.25) is 0 Å². The molecule has 0 unspecified atom stereocenters. The van der Waals surface area contributed by atoms with Crippen LogP contribution in [0.3, 0.4) is 0 Å². The Kier molecular flexibility index (Phi) is 4.60. The zero-order valence-corrected chi connectivity index (χ0v) is 8.42. The van der Waals surface area contributed by atoms with Crippen molar-refractivity contribution in [2.75, 3.05) is 20.2 Å². The molecule has 74 valence electrons. The summed E-state index contributed by atoms with van der Waals surface area (Å²) in [6, 6.07) is 8.01. The van der Waals surface area contributed by atoms with Crippen molar-refractivity contribution in [3.63, 3.8) is 0 Å². The molecule has 0 saturated heterocycles. The molecule has 0 atom stereocenters. The average Bonchev–Trinajstić information content (AvgIpc) is 2.25. The Labute approximate surface area is 85.3 Å². The minimum atomic E-state index is 0.329. The summed E-state index contributed by atoms with van der Waals surface area (Å²) < 4.78 is 5.26. The van der Waals surface area contributed by atoms with Gasteiger partial charge in [-0.05, 0) is 37.7 Å². The molecule has 0 bridgehead atoms. The van der Waals surface area contributed by atoms with E-state index in [0.717, 1.165) is 18.7 Å². The van der Waals surface area contributed by atoms with Gasteiger partial charge in [-0.3, -0.25) is 0 Å². The maximum Gasteiger partial charge on any atom is 0.148 e. The van der Waals surface area contributed by atoms with Gasteiger partial charge in [-0.1, -0.05) is 18.1 Å². The molecule has 0 spiro atoms. The highest BCUT2D eigenvalue weighted by molar-refractivity contribution is 5.27. The molecule has 14 heavy (non-hydrogen) atoms. The van der Waals surface area contributed by atoms with Gasteiger partial charge in [0.2, 0.25) is 0 Å². The molecular formula is C12H15NO. The van der Waals surface area contributed by atoms with Crippen LogP contribution in [0.25, 0.3) is 0 Å². The van der Waals surface area contributed by atoms with Gasteiger partial charge >= 0.3 is 0 Å². The summed E-state index contributed by atoms with van der Waals surface area (Å²) >= 11 is 0. The third-order valence-electron chi connectivity index (χ3n) is 1.91. The SMILES string of the molecule is C#CCOc1ccc(CCNC)cc1. The summed E-state index contributed by atoms with van der Waals surface area (Å²) in [7, 11) is 1.95. The van der Waals surface area contributed by atoms with E-state index in [-0.39, 0.29) is 0 Å². The van der Waals surface area contributed by atoms with Gasteiger partial charge in [0.25, 0.3) is 0 Å².